The van der Waals surface area contributed by atoms with E-state index in [1.165, 1.54) is 19.3 Å². The van der Waals surface area contributed by atoms with Gasteiger partial charge < -0.3 is 9.84 Å². The van der Waals surface area contributed by atoms with Gasteiger partial charge in [0, 0.05) is 19.9 Å². The summed E-state index contributed by atoms with van der Waals surface area (Å²) in [6.07, 6.45) is 7.67. The molecule has 0 unspecified atom stereocenters. The van der Waals surface area contributed by atoms with Gasteiger partial charge in [0.15, 0.2) is 5.82 Å². The highest BCUT2D eigenvalue weighted by atomic mass is 16.5. The molecule has 0 atom stereocenters. The molecule has 0 aliphatic carbocycles. The third-order valence-corrected chi connectivity index (χ3v) is 2.36. The Kier molecular flexibility index (Phi) is 6.49. The number of unbranched alkanes of at least 4 members (excludes halogenated alkanes) is 3. The van der Waals surface area contributed by atoms with Crippen molar-refractivity contribution in [2.24, 2.45) is 0 Å². The molecule has 0 saturated heterocycles. The van der Waals surface area contributed by atoms with Gasteiger partial charge in [-0.2, -0.15) is 4.98 Å². The van der Waals surface area contributed by atoms with E-state index in [0.717, 1.165) is 31.8 Å². The van der Waals surface area contributed by atoms with Crippen LogP contribution in [0.3, 0.4) is 0 Å². The van der Waals surface area contributed by atoms with Crippen LogP contribution in [0.1, 0.15) is 37.4 Å². The minimum Gasteiger partial charge on any atom is -0.340 e. The highest BCUT2D eigenvalue weighted by Gasteiger charge is 2.00. The lowest BCUT2D eigenvalue weighted by atomic mass is 10.2. The second-order valence-electron chi connectivity index (χ2n) is 3.87. The summed E-state index contributed by atoms with van der Waals surface area (Å²) < 4.78 is 4.89. The minimum absolute atomic E-state index is 0.638. The monoisotopic (exact) mass is 223 g/mol. The summed E-state index contributed by atoms with van der Waals surface area (Å²) in [5.41, 5.74) is 0. The van der Waals surface area contributed by atoms with Gasteiger partial charge in [0.25, 0.3) is 0 Å². The summed E-state index contributed by atoms with van der Waals surface area (Å²) in [6, 6.07) is 0. The minimum atomic E-state index is 0.638. The van der Waals surface area contributed by atoms with Gasteiger partial charge in [-0.15, -0.1) is 6.58 Å². The van der Waals surface area contributed by atoms with E-state index in [1.54, 1.807) is 0 Å². The maximum Gasteiger partial charge on any atom is 0.223 e. The first-order chi connectivity index (χ1) is 7.83. The molecule has 0 fully saturated rings. The first-order valence-corrected chi connectivity index (χ1v) is 5.93. The number of nitrogens with one attached hydrogen (secondary N) is 1. The van der Waals surface area contributed by atoms with Crippen LogP contribution in [0, 0.1) is 6.92 Å². The van der Waals surface area contributed by atoms with Gasteiger partial charge in [-0.1, -0.05) is 17.7 Å². The van der Waals surface area contributed by atoms with Gasteiger partial charge in [-0.25, -0.2) is 0 Å². The standard InChI is InChI=1S/C12H21N3O/c1-3-4-5-6-7-9-13-10-8-12-14-11(2)16-15-12/h3,13H,1,4-10H2,2H3. The van der Waals surface area contributed by atoms with Gasteiger partial charge in [-0.05, 0) is 25.8 Å². The molecule has 0 aliphatic heterocycles. The fourth-order valence-corrected chi connectivity index (χ4v) is 1.48. The topological polar surface area (TPSA) is 51.0 Å². The number of hydrogen-bond donors (Lipinski definition) is 1. The molecule has 1 aromatic heterocycles. The average molecular weight is 223 g/mol. The fourth-order valence-electron chi connectivity index (χ4n) is 1.48. The van der Waals surface area contributed by atoms with Crippen molar-refractivity contribution in [2.45, 2.75) is 39.0 Å². The third-order valence-electron chi connectivity index (χ3n) is 2.36. The van der Waals surface area contributed by atoms with Crippen molar-refractivity contribution in [1.29, 1.82) is 0 Å². The Hall–Kier alpha value is -1.16. The van der Waals surface area contributed by atoms with Gasteiger partial charge in [0.1, 0.15) is 0 Å². The fraction of sp³-hybridized carbons (Fsp3) is 0.667. The number of aryl methyl sites for hydroxylation is 1. The zero-order valence-electron chi connectivity index (χ0n) is 10.0. The first-order valence-electron chi connectivity index (χ1n) is 5.93. The van der Waals surface area contributed by atoms with Crippen LogP contribution in [0.25, 0.3) is 0 Å². The molecule has 0 spiro atoms. The second-order valence-corrected chi connectivity index (χ2v) is 3.87. The molecule has 1 aromatic rings. The Morgan fingerprint density at radius 2 is 2.19 bits per heavy atom. The molecule has 0 bridgehead atoms. The van der Waals surface area contributed by atoms with E-state index in [1.807, 2.05) is 13.0 Å². The van der Waals surface area contributed by atoms with E-state index < -0.39 is 0 Å². The number of hydrogen-bond acceptors (Lipinski definition) is 4. The lowest BCUT2D eigenvalue weighted by Gasteiger charge is -2.01. The number of allylic oxidation sites excluding steroid dienone is 1. The molecule has 4 heteroatoms. The largest absolute Gasteiger partial charge is 0.340 e. The highest BCUT2D eigenvalue weighted by molar-refractivity contribution is 4.84. The summed E-state index contributed by atoms with van der Waals surface area (Å²) >= 11 is 0. The summed E-state index contributed by atoms with van der Waals surface area (Å²) in [5, 5.41) is 7.21. The molecule has 0 aliphatic rings. The van der Waals surface area contributed by atoms with E-state index in [9.17, 15) is 0 Å². The van der Waals surface area contributed by atoms with Crippen molar-refractivity contribution in [3.05, 3.63) is 24.4 Å². The smallest absolute Gasteiger partial charge is 0.223 e. The summed E-state index contributed by atoms with van der Waals surface area (Å²) in [4.78, 5) is 4.14. The van der Waals surface area contributed by atoms with Crippen LogP contribution in [0.4, 0.5) is 0 Å². The zero-order chi connectivity index (χ0) is 11.6. The molecule has 1 N–H and O–H groups in total. The molecule has 0 amide bonds. The Morgan fingerprint density at radius 3 is 2.88 bits per heavy atom. The predicted octanol–water partition coefficient (Wildman–Crippen LogP) is 2.26. The molecule has 1 rings (SSSR count). The van der Waals surface area contributed by atoms with Crippen molar-refractivity contribution in [1.82, 2.24) is 15.5 Å². The van der Waals surface area contributed by atoms with Crippen LogP contribution in [0.2, 0.25) is 0 Å². The van der Waals surface area contributed by atoms with Crippen LogP contribution in [-0.2, 0) is 6.42 Å². The van der Waals surface area contributed by atoms with Gasteiger partial charge in [0.05, 0.1) is 0 Å². The Labute approximate surface area is 97.1 Å². The van der Waals surface area contributed by atoms with Crippen LogP contribution in [-0.4, -0.2) is 23.2 Å². The maximum atomic E-state index is 4.89. The summed E-state index contributed by atoms with van der Waals surface area (Å²) in [6.45, 7) is 7.49. The van der Waals surface area contributed by atoms with E-state index in [2.05, 4.69) is 22.0 Å². The van der Waals surface area contributed by atoms with Gasteiger partial charge in [0.2, 0.25) is 5.89 Å². The number of rotatable bonds is 9. The normalized spacial score (nSPS) is 10.6. The highest BCUT2D eigenvalue weighted by Crippen LogP contribution is 1.99. The van der Waals surface area contributed by atoms with E-state index in [4.69, 9.17) is 4.52 Å². The van der Waals surface area contributed by atoms with E-state index in [0.29, 0.717) is 5.89 Å². The van der Waals surface area contributed by atoms with Crippen molar-refractivity contribution >= 4 is 0 Å². The predicted molar refractivity (Wildman–Crippen MR) is 64.3 cm³/mol. The number of nitrogens with zero attached hydrogens (tertiary/aromatic N) is 2. The number of aromatic nitrogens is 2. The molecule has 1 heterocycles. The Balaban J connectivity index is 1.90. The zero-order valence-corrected chi connectivity index (χ0v) is 10.0. The van der Waals surface area contributed by atoms with Crippen LogP contribution in [0.5, 0.6) is 0 Å². The molecular formula is C12H21N3O. The molecular weight excluding hydrogens is 202 g/mol. The van der Waals surface area contributed by atoms with E-state index >= 15 is 0 Å². The van der Waals surface area contributed by atoms with Crippen molar-refractivity contribution in [3.8, 4) is 0 Å². The molecule has 0 saturated carbocycles. The van der Waals surface area contributed by atoms with Crippen molar-refractivity contribution in [3.63, 3.8) is 0 Å². The molecule has 16 heavy (non-hydrogen) atoms. The van der Waals surface area contributed by atoms with E-state index in [-0.39, 0.29) is 0 Å². The lowest BCUT2D eigenvalue weighted by Crippen LogP contribution is -2.18. The Bertz CT molecular complexity index is 296. The van der Waals surface area contributed by atoms with Crippen molar-refractivity contribution < 1.29 is 4.52 Å². The van der Waals surface area contributed by atoms with Crippen LogP contribution in [0.15, 0.2) is 17.2 Å². The summed E-state index contributed by atoms with van der Waals surface area (Å²) in [5.74, 6) is 1.43. The van der Waals surface area contributed by atoms with Crippen LogP contribution >= 0.6 is 0 Å². The van der Waals surface area contributed by atoms with Gasteiger partial charge in [-0.3, -0.25) is 0 Å². The van der Waals surface area contributed by atoms with Gasteiger partial charge >= 0.3 is 0 Å². The maximum absolute atomic E-state index is 4.89. The third kappa shape index (κ3) is 5.66. The Morgan fingerprint density at radius 1 is 1.31 bits per heavy atom. The SMILES string of the molecule is C=CCCCCCNCCc1noc(C)n1. The lowest BCUT2D eigenvalue weighted by molar-refractivity contribution is 0.387. The average Bonchev–Trinajstić information content (AvgIpc) is 2.68. The molecule has 0 radical (unpaired) electrons. The first kappa shape index (κ1) is 12.9. The quantitative estimate of drug-likeness (QED) is 0.515. The molecule has 4 nitrogen and oxygen atoms in total. The molecule has 0 aromatic carbocycles. The van der Waals surface area contributed by atoms with Crippen LogP contribution < -0.4 is 5.32 Å². The van der Waals surface area contributed by atoms with Crippen molar-refractivity contribution in [2.75, 3.05) is 13.1 Å². The summed E-state index contributed by atoms with van der Waals surface area (Å²) in [7, 11) is 0. The molecule has 90 valence electrons. The second kappa shape index (κ2) is 8.05.